The Labute approximate surface area is 88.5 Å². The van der Waals surface area contributed by atoms with Crippen molar-refractivity contribution in [1.29, 1.82) is 0 Å². The third-order valence-electron chi connectivity index (χ3n) is 1.67. The molecule has 2 N–H and O–H groups in total. The number of rotatable bonds is 3. The number of benzene rings is 1. The number of esters is 1. The Morgan fingerprint density at radius 2 is 2.13 bits per heavy atom. The normalized spacial score (nSPS) is 11.3. The quantitative estimate of drug-likeness (QED) is 0.619. The van der Waals surface area contributed by atoms with Crippen LogP contribution in [0.1, 0.15) is 5.56 Å². The molecule has 5 heteroatoms. The molecule has 0 saturated heterocycles. The van der Waals surface area contributed by atoms with Crippen LogP contribution in [-0.2, 0) is 20.7 Å². The maximum atomic E-state index is 11.2. The second-order valence-corrected chi connectivity index (χ2v) is 3.23. The molecule has 0 aliphatic heterocycles. The average Bonchev–Trinajstić information content (AvgIpc) is 2.27. The van der Waals surface area contributed by atoms with Crippen molar-refractivity contribution in [2.24, 2.45) is 5.73 Å². The molecule has 1 rings (SSSR count). The molecule has 0 aliphatic carbocycles. The van der Waals surface area contributed by atoms with Crippen LogP contribution in [0, 0.1) is 5.63 Å². The van der Waals surface area contributed by atoms with Crippen molar-refractivity contribution in [2.45, 2.75) is 12.6 Å². The van der Waals surface area contributed by atoms with E-state index in [9.17, 15) is 9.36 Å². The van der Waals surface area contributed by atoms with Gasteiger partial charge in [-0.15, -0.1) is 0 Å². The molecule has 0 radical (unpaired) electrons. The Bertz CT molecular complexity index is 426. The third kappa shape index (κ3) is 4.13. The maximum absolute atomic E-state index is 11.2. The van der Waals surface area contributed by atoms with E-state index >= 15 is 0 Å². The van der Waals surface area contributed by atoms with E-state index in [4.69, 9.17) is 10.5 Å². The van der Waals surface area contributed by atoms with E-state index in [-0.39, 0.29) is 6.61 Å². The zero-order chi connectivity index (χ0) is 11.1. The molecule has 0 spiro atoms. The fourth-order valence-electron chi connectivity index (χ4n) is 0.928. The molecule has 1 aromatic carbocycles. The van der Waals surface area contributed by atoms with Crippen molar-refractivity contribution >= 4 is 13.9 Å². The molecule has 0 saturated carbocycles. The van der Waals surface area contributed by atoms with Gasteiger partial charge in [0.1, 0.15) is 0 Å². The standard InChI is InChI=1S/C10H10NO3P/c11-9(7-15-13)10(12)14-6-8-4-2-1-3-5-8/h1-5,9H,6,11H2. The van der Waals surface area contributed by atoms with Gasteiger partial charge in [0, 0.05) is 0 Å². The van der Waals surface area contributed by atoms with Gasteiger partial charge in [-0.25, -0.2) is 0 Å². The average molecular weight is 223 g/mol. The second kappa shape index (κ2) is 6.20. The van der Waals surface area contributed by atoms with Crippen LogP contribution in [0.2, 0.25) is 0 Å². The molecule has 0 heterocycles. The van der Waals surface area contributed by atoms with Crippen molar-refractivity contribution in [3.8, 4) is 5.63 Å². The van der Waals surface area contributed by atoms with Gasteiger partial charge < -0.3 is 0 Å². The molecule has 0 amide bonds. The molecule has 1 unspecified atom stereocenters. The summed E-state index contributed by atoms with van der Waals surface area (Å²) in [4.78, 5) is 11.2. The topological polar surface area (TPSA) is 69.4 Å². The summed E-state index contributed by atoms with van der Waals surface area (Å²) in [6, 6.07) is 8.16. The monoisotopic (exact) mass is 223 g/mol. The Morgan fingerprint density at radius 1 is 1.47 bits per heavy atom. The SMILES string of the molecule is NC(C#P=O)C(=O)OCc1ccccc1. The van der Waals surface area contributed by atoms with E-state index in [1.165, 1.54) is 0 Å². The number of hydrogen-bond acceptors (Lipinski definition) is 4. The minimum atomic E-state index is -1.06. The van der Waals surface area contributed by atoms with Crippen LogP contribution < -0.4 is 5.73 Å². The Hall–Kier alpha value is -1.34. The Balaban J connectivity index is 2.47. The predicted octanol–water partition coefficient (Wildman–Crippen LogP) is 1.31. The first kappa shape index (κ1) is 11.7. The second-order valence-electron chi connectivity index (χ2n) is 2.79. The minimum absolute atomic E-state index is 0.158. The van der Waals surface area contributed by atoms with Crippen molar-refractivity contribution in [3.05, 3.63) is 35.9 Å². The summed E-state index contributed by atoms with van der Waals surface area (Å²) in [6.45, 7) is 0.158. The summed E-state index contributed by atoms with van der Waals surface area (Å²) in [7, 11) is -0.395. The van der Waals surface area contributed by atoms with Crippen molar-refractivity contribution < 1.29 is 14.1 Å². The number of carbonyl (C=O) groups is 1. The first-order valence-corrected chi connectivity index (χ1v) is 5.09. The molecule has 1 aromatic rings. The van der Waals surface area contributed by atoms with Gasteiger partial charge in [0.15, 0.2) is 0 Å². The number of ether oxygens (including phenoxy) is 1. The van der Waals surface area contributed by atoms with Gasteiger partial charge in [-0.3, -0.25) is 0 Å². The van der Waals surface area contributed by atoms with Gasteiger partial charge in [0.25, 0.3) is 0 Å². The number of nitrogens with two attached hydrogens (primary N) is 1. The van der Waals surface area contributed by atoms with Crippen LogP contribution in [-0.4, -0.2) is 12.0 Å². The third-order valence-corrected chi connectivity index (χ3v) is 2.05. The van der Waals surface area contributed by atoms with Crippen molar-refractivity contribution in [1.82, 2.24) is 0 Å². The van der Waals surface area contributed by atoms with Gasteiger partial charge in [-0.1, -0.05) is 0 Å². The van der Waals surface area contributed by atoms with E-state index < -0.39 is 19.9 Å². The molecular weight excluding hydrogens is 213 g/mol. The fourth-order valence-corrected chi connectivity index (χ4v) is 1.15. The van der Waals surface area contributed by atoms with Crippen LogP contribution >= 0.6 is 7.92 Å². The number of hydrogen-bond donors (Lipinski definition) is 1. The van der Waals surface area contributed by atoms with E-state index in [1.807, 2.05) is 30.3 Å². The summed E-state index contributed by atoms with van der Waals surface area (Å²) < 4.78 is 15.0. The van der Waals surface area contributed by atoms with Crippen LogP contribution in [0.4, 0.5) is 0 Å². The zero-order valence-electron chi connectivity index (χ0n) is 7.92. The van der Waals surface area contributed by atoms with Gasteiger partial charge in [0.2, 0.25) is 0 Å². The van der Waals surface area contributed by atoms with E-state index in [2.05, 4.69) is 5.63 Å². The molecule has 4 nitrogen and oxygen atoms in total. The summed E-state index contributed by atoms with van der Waals surface area (Å²) in [5.41, 5.74) is 8.37. The van der Waals surface area contributed by atoms with Crippen molar-refractivity contribution in [2.75, 3.05) is 0 Å². The van der Waals surface area contributed by atoms with Crippen LogP contribution in [0.25, 0.3) is 0 Å². The summed E-state index contributed by atoms with van der Waals surface area (Å²) in [5.74, 6) is -0.637. The van der Waals surface area contributed by atoms with E-state index in [0.717, 1.165) is 5.56 Å². The molecule has 0 bridgehead atoms. The molecule has 78 valence electrons. The van der Waals surface area contributed by atoms with E-state index in [0.29, 0.717) is 0 Å². The first-order chi connectivity index (χ1) is 7.24. The van der Waals surface area contributed by atoms with Crippen LogP contribution in [0.5, 0.6) is 0 Å². The summed E-state index contributed by atoms with van der Waals surface area (Å²) >= 11 is 0. The van der Waals surface area contributed by atoms with Gasteiger partial charge in [-0.05, 0) is 0 Å². The predicted molar refractivity (Wildman–Crippen MR) is 55.7 cm³/mol. The van der Waals surface area contributed by atoms with Gasteiger partial charge in [0.05, 0.1) is 0 Å². The number of carbonyl (C=O) groups excluding carboxylic acids is 1. The molecule has 15 heavy (non-hydrogen) atoms. The summed E-state index contributed by atoms with van der Waals surface area (Å²) in [5, 5.41) is 0. The molecule has 0 aliphatic rings. The first-order valence-electron chi connectivity index (χ1n) is 4.28. The molecule has 0 fully saturated rings. The fraction of sp³-hybridized carbons (Fsp3) is 0.200. The summed E-state index contributed by atoms with van der Waals surface area (Å²) in [6.07, 6.45) is 0. The molecule has 1 atom stereocenters. The molecule has 0 aromatic heterocycles. The zero-order valence-corrected chi connectivity index (χ0v) is 8.81. The van der Waals surface area contributed by atoms with Crippen LogP contribution in [0.15, 0.2) is 30.3 Å². The Morgan fingerprint density at radius 3 is 2.73 bits per heavy atom. The van der Waals surface area contributed by atoms with Gasteiger partial charge in [-0.2, -0.15) is 0 Å². The Kier molecular flexibility index (Phi) is 4.85. The van der Waals surface area contributed by atoms with E-state index in [1.54, 1.807) is 0 Å². The van der Waals surface area contributed by atoms with Gasteiger partial charge >= 0.3 is 87.9 Å². The van der Waals surface area contributed by atoms with Crippen LogP contribution in [0.3, 0.4) is 0 Å². The van der Waals surface area contributed by atoms with Crippen molar-refractivity contribution in [3.63, 3.8) is 0 Å². The molecular formula is C10H10NO3P.